The van der Waals surface area contributed by atoms with E-state index in [2.05, 4.69) is 24.3 Å². The fourth-order valence-electron chi connectivity index (χ4n) is 4.63. The molecule has 3 aliphatic rings. The minimum Gasteiger partial charge on any atom is -0.0620 e. The van der Waals surface area contributed by atoms with Crippen molar-refractivity contribution in [1.82, 2.24) is 0 Å². The summed E-state index contributed by atoms with van der Waals surface area (Å²) in [6.07, 6.45) is 7.41. The molecule has 2 bridgehead atoms. The second-order valence-corrected chi connectivity index (χ2v) is 5.84. The van der Waals surface area contributed by atoms with Gasteiger partial charge in [0, 0.05) is 0 Å². The first kappa shape index (κ1) is 8.38. The van der Waals surface area contributed by atoms with E-state index in [0.717, 1.165) is 23.7 Å². The second-order valence-electron chi connectivity index (χ2n) is 5.84. The lowest BCUT2D eigenvalue weighted by atomic mass is 9.69. The number of rotatable bonds is 0. The van der Waals surface area contributed by atoms with Gasteiger partial charge in [0.2, 0.25) is 0 Å². The van der Waals surface area contributed by atoms with Crippen LogP contribution in [0.15, 0.2) is 24.3 Å². The molecule has 4 unspecified atom stereocenters. The maximum atomic E-state index is 2.36. The van der Waals surface area contributed by atoms with Crippen LogP contribution in [0.3, 0.4) is 0 Å². The first-order valence-electron chi connectivity index (χ1n) is 6.48. The largest absolute Gasteiger partial charge is 0.0620 e. The smallest absolute Gasteiger partial charge is 0.0242 e. The van der Waals surface area contributed by atoms with Crippen molar-refractivity contribution < 1.29 is 0 Å². The van der Waals surface area contributed by atoms with Crippen LogP contribution in [0.5, 0.6) is 0 Å². The Bertz CT molecular complexity index is 356. The van der Waals surface area contributed by atoms with E-state index >= 15 is 0 Å². The van der Waals surface area contributed by atoms with Gasteiger partial charge in [-0.05, 0) is 66.9 Å². The minimum atomic E-state index is 1.05. The molecule has 1 aromatic carbocycles. The molecule has 0 nitrogen and oxygen atoms in total. The van der Waals surface area contributed by atoms with Gasteiger partial charge in [-0.1, -0.05) is 24.3 Å². The van der Waals surface area contributed by atoms with Crippen molar-refractivity contribution in [3.05, 3.63) is 35.4 Å². The van der Waals surface area contributed by atoms with Crippen LogP contribution in [-0.2, 0) is 12.8 Å². The van der Waals surface area contributed by atoms with Crippen LogP contribution < -0.4 is 0 Å². The van der Waals surface area contributed by atoms with Crippen LogP contribution >= 0.6 is 0 Å². The molecule has 0 heterocycles. The van der Waals surface area contributed by atoms with E-state index in [1.54, 1.807) is 17.5 Å². The first-order valence-corrected chi connectivity index (χ1v) is 6.48. The molecule has 4 rings (SSSR count). The molecule has 3 aliphatic carbocycles. The molecule has 78 valence electrons. The predicted octanol–water partition coefficient (Wildman–Crippen LogP) is 3.45. The fourth-order valence-corrected chi connectivity index (χ4v) is 4.63. The van der Waals surface area contributed by atoms with E-state index in [4.69, 9.17) is 0 Å². The molecule has 2 saturated carbocycles. The van der Waals surface area contributed by atoms with Gasteiger partial charge in [-0.25, -0.2) is 0 Å². The molecule has 0 aromatic heterocycles. The zero-order valence-corrected chi connectivity index (χ0v) is 9.15. The first-order chi connectivity index (χ1) is 7.42. The zero-order chi connectivity index (χ0) is 9.83. The molecule has 0 radical (unpaired) electrons. The monoisotopic (exact) mass is 198 g/mol. The summed E-state index contributed by atoms with van der Waals surface area (Å²) in [5.74, 6) is 4.29. The van der Waals surface area contributed by atoms with Gasteiger partial charge in [-0.3, -0.25) is 0 Å². The third-order valence-electron chi connectivity index (χ3n) is 5.30. The highest BCUT2D eigenvalue weighted by Crippen LogP contribution is 2.56. The lowest BCUT2D eigenvalue weighted by Crippen LogP contribution is -2.30. The second kappa shape index (κ2) is 2.87. The van der Waals surface area contributed by atoms with E-state index in [0.29, 0.717) is 0 Å². The van der Waals surface area contributed by atoms with Crippen LogP contribution in [0, 0.1) is 23.7 Å². The van der Waals surface area contributed by atoms with Gasteiger partial charge in [0.1, 0.15) is 0 Å². The van der Waals surface area contributed by atoms with Crippen molar-refractivity contribution in [2.24, 2.45) is 23.7 Å². The quantitative estimate of drug-likeness (QED) is 0.599. The van der Waals surface area contributed by atoms with E-state index in [-0.39, 0.29) is 0 Å². The standard InChI is InChI=1S/C15H18/c1-2-4-11-9-15-13-6-5-12(7-13)14(15)8-10(11)3-1/h1-4,12-15H,5-9H2. The van der Waals surface area contributed by atoms with Gasteiger partial charge in [-0.2, -0.15) is 0 Å². The molecule has 0 N–H and O–H groups in total. The van der Waals surface area contributed by atoms with Crippen LogP contribution in [0.4, 0.5) is 0 Å². The van der Waals surface area contributed by atoms with Crippen LogP contribution in [0.2, 0.25) is 0 Å². The Hall–Kier alpha value is -0.780. The van der Waals surface area contributed by atoms with E-state index in [9.17, 15) is 0 Å². The summed E-state index contributed by atoms with van der Waals surface area (Å²) in [6, 6.07) is 9.15. The lowest BCUT2D eigenvalue weighted by molar-refractivity contribution is 0.205. The third-order valence-corrected chi connectivity index (χ3v) is 5.30. The van der Waals surface area contributed by atoms with Gasteiger partial charge < -0.3 is 0 Å². The van der Waals surface area contributed by atoms with Gasteiger partial charge >= 0.3 is 0 Å². The normalized spacial score (nSPS) is 41.3. The summed E-state index contributed by atoms with van der Waals surface area (Å²) < 4.78 is 0. The molecular weight excluding hydrogens is 180 g/mol. The molecule has 0 heteroatoms. The summed E-state index contributed by atoms with van der Waals surface area (Å²) in [4.78, 5) is 0. The highest BCUT2D eigenvalue weighted by molar-refractivity contribution is 5.31. The van der Waals surface area contributed by atoms with E-state index in [1.807, 2.05) is 0 Å². The Morgan fingerprint density at radius 2 is 1.33 bits per heavy atom. The van der Waals surface area contributed by atoms with Crippen LogP contribution in [0.25, 0.3) is 0 Å². The number of fused-ring (bicyclic) bond motifs is 6. The van der Waals surface area contributed by atoms with Crippen molar-refractivity contribution in [2.45, 2.75) is 32.1 Å². The number of hydrogen-bond donors (Lipinski definition) is 0. The predicted molar refractivity (Wildman–Crippen MR) is 61.7 cm³/mol. The summed E-state index contributed by atoms with van der Waals surface area (Å²) >= 11 is 0. The van der Waals surface area contributed by atoms with Gasteiger partial charge in [0.05, 0.1) is 0 Å². The highest BCUT2D eigenvalue weighted by atomic mass is 14.5. The van der Waals surface area contributed by atoms with Crippen molar-refractivity contribution in [1.29, 1.82) is 0 Å². The number of benzene rings is 1. The number of hydrogen-bond acceptors (Lipinski definition) is 0. The molecule has 0 amide bonds. The summed E-state index contributed by atoms with van der Waals surface area (Å²) in [6.45, 7) is 0. The van der Waals surface area contributed by atoms with Gasteiger partial charge in [0.15, 0.2) is 0 Å². The minimum absolute atomic E-state index is 1.05. The van der Waals surface area contributed by atoms with E-state index < -0.39 is 0 Å². The highest BCUT2D eigenvalue weighted by Gasteiger charge is 2.48. The Labute approximate surface area is 91.7 Å². The topological polar surface area (TPSA) is 0 Å². The molecule has 0 aliphatic heterocycles. The molecule has 0 saturated heterocycles. The van der Waals surface area contributed by atoms with Crippen molar-refractivity contribution >= 4 is 0 Å². The summed E-state index contributed by atoms with van der Waals surface area (Å²) in [5.41, 5.74) is 3.32. The third kappa shape index (κ3) is 1.08. The summed E-state index contributed by atoms with van der Waals surface area (Å²) in [7, 11) is 0. The fraction of sp³-hybridized carbons (Fsp3) is 0.600. The molecule has 15 heavy (non-hydrogen) atoms. The van der Waals surface area contributed by atoms with Gasteiger partial charge in [-0.15, -0.1) is 0 Å². The average molecular weight is 198 g/mol. The maximum Gasteiger partial charge on any atom is -0.0242 e. The van der Waals surface area contributed by atoms with Gasteiger partial charge in [0.25, 0.3) is 0 Å². The Morgan fingerprint density at radius 1 is 0.800 bits per heavy atom. The molecule has 0 spiro atoms. The molecular formula is C15H18. The van der Waals surface area contributed by atoms with Crippen molar-refractivity contribution in [3.8, 4) is 0 Å². The molecule has 2 fully saturated rings. The average Bonchev–Trinajstić information content (AvgIpc) is 2.87. The SMILES string of the molecule is c1ccc2c(c1)CC1C3CCC(C3)C1C2. The van der Waals surface area contributed by atoms with Crippen LogP contribution in [0.1, 0.15) is 30.4 Å². The van der Waals surface area contributed by atoms with Crippen molar-refractivity contribution in [3.63, 3.8) is 0 Å². The maximum absolute atomic E-state index is 2.36. The van der Waals surface area contributed by atoms with E-state index in [1.165, 1.54) is 25.7 Å². The van der Waals surface area contributed by atoms with Crippen LogP contribution in [-0.4, -0.2) is 0 Å². The Balaban J connectivity index is 1.75. The van der Waals surface area contributed by atoms with Crippen molar-refractivity contribution in [2.75, 3.05) is 0 Å². The lowest BCUT2D eigenvalue weighted by Gasteiger charge is -2.36. The Morgan fingerprint density at radius 3 is 1.87 bits per heavy atom. The Kier molecular flexibility index (Phi) is 1.60. The summed E-state index contributed by atoms with van der Waals surface area (Å²) in [5, 5.41) is 0. The zero-order valence-electron chi connectivity index (χ0n) is 9.15. The molecule has 4 atom stereocenters. The molecule has 1 aromatic rings.